The number of ether oxygens (including phenoxy) is 2. The Bertz CT molecular complexity index is 1200. The summed E-state index contributed by atoms with van der Waals surface area (Å²) in [6.45, 7) is -0.303. The Hall–Kier alpha value is -3.70. The highest BCUT2D eigenvalue weighted by molar-refractivity contribution is 9.10. The van der Waals surface area contributed by atoms with Crippen LogP contribution < -0.4 is 14.8 Å². The Morgan fingerprint density at radius 2 is 1.84 bits per heavy atom. The summed E-state index contributed by atoms with van der Waals surface area (Å²) >= 11 is 3.42. The maximum atomic E-state index is 13.5. The lowest BCUT2D eigenvalue weighted by Crippen LogP contribution is -2.20. The van der Waals surface area contributed by atoms with Crippen molar-refractivity contribution < 1.29 is 23.0 Å². The van der Waals surface area contributed by atoms with Crippen molar-refractivity contribution in [2.45, 2.75) is 0 Å². The molecule has 0 unspecified atom stereocenters. The highest BCUT2D eigenvalue weighted by Crippen LogP contribution is 2.35. The second-order valence-electron chi connectivity index (χ2n) is 6.55. The molecule has 0 saturated heterocycles. The molecular formula is C24H17BrF2N2O3. The quantitative estimate of drug-likeness (QED) is 0.329. The predicted octanol–water partition coefficient (Wildman–Crippen LogP) is 5.82. The summed E-state index contributed by atoms with van der Waals surface area (Å²) in [5.74, 6) is -0.639. The van der Waals surface area contributed by atoms with Gasteiger partial charge in [-0.25, -0.2) is 8.78 Å². The molecule has 5 nitrogen and oxygen atoms in total. The number of hydrogen-bond acceptors (Lipinski definition) is 4. The van der Waals surface area contributed by atoms with Crippen LogP contribution in [0.25, 0.3) is 11.6 Å². The number of anilines is 1. The van der Waals surface area contributed by atoms with Gasteiger partial charge in [-0.1, -0.05) is 28.1 Å². The first-order valence-electron chi connectivity index (χ1n) is 9.33. The van der Waals surface area contributed by atoms with Crippen LogP contribution in [0.5, 0.6) is 11.5 Å². The number of nitrogens with zero attached hydrogens (tertiary/aromatic N) is 1. The maximum Gasteiger partial charge on any atom is 0.262 e. The van der Waals surface area contributed by atoms with Gasteiger partial charge < -0.3 is 14.8 Å². The van der Waals surface area contributed by atoms with E-state index in [-0.39, 0.29) is 12.2 Å². The molecule has 1 amide bonds. The van der Waals surface area contributed by atoms with Gasteiger partial charge in [0.2, 0.25) is 0 Å². The van der Waals surface area contributed by atoms with Crippen LogP contribution in [0.15, 0.2) is 65.1 Å². The molecule has 3 rings (SSSR count). The molecule has 0 radical (unpaired) electrons. The third-order valence-corrected chi connectivity index (χ3v) is 5.01. The number of nitrogens with one attached hydrogen (secondary N) is 1. The second-order valence-corrected chi connectivity index (χ2v) is 7.40. The molecule has 0 heterocycles. The number of carbonyl (C=O) groups excluding carboxylic acids is 1. The van der Waals surface area contributed by atoms with Gasteiger partial charge in [0.05, 0.1) is 18.8 Å². The molecule has 0 aliphatic heterocycles. The van der Waals surface area contributed by atoms with E-state index in [1.807, 2.05) is 0 Å². The van der Waals surface area contributed by atoms with Crippen LogP contribution in [0.3, 0.4) is 0 Å². The topological polar surface area (TPSA) is 71.3 Å². The molecule has 0 aromatic heterocycles. The number of amides is 1. The highest BCUT2D eigenvalue weighted by atomic mass is 79.9. The minimum absolute atomic E-state index is 0.264. The van der Waals surface area contributed by atoms with Gasteiger partial charge in [0.25, 0.3) is 5.91 Å². The number of benzene rings is 3. The molecule has 1 N–H and O–H groups in total. The van der Waals surface area contributed by atoms with Gasteiger partial charge in [0.15, 0.2) is 18.1 Å². The summed E-state index contributed by atoms with van der Waals surface area (Å²) in [6.07, 6.45) is 1.59. The van der Waals surface area contributed by atoms with Gasteiger partial charge in [-0.3, -0.25) is 4.79 Å². The number of rotatable bonds is 7. The van der Waals surface area contributed by atoms with Gasteiger partial charge in [0, 0.05) is 10.2 Å². The van der Waals surface area contributed by atoms with E-state index in [1.165, 1.54) is 49.6 Å². The highest BCUT2D eigenvalue weighted by Gasteiger charge is 2.13. The van der Waals surface area contributed by atoms with E-state index in [0.717, 1.165) is 0 Å². The van der Waals surface area contributed by atoms with Crippen molar-refractivity contribution >= 4 is 39.2 Å². The molecule has 162 valence electrons. The van der Waals surface area contributed by atoms with Crippen LogP contribution in [-0.2, 0) is 4.79 Å². The lowest BCUT2D eigenvalue weighted by molar-refractivity contribution is -0.118. The van der Waals surface area contributed by atoms with Crippen molar-refractivity contribution in [3.63, 3.8) is 0 Å². The molecule has 0 bridgehead atoms. The van der Waals surface area contributed by atoms with Gasteiger partial charge >= 0.3 is 0 Å². The van der Waals surface area contributed by atoms with Crippen molar-refractivity contribution in [2.75, 3.05) is 19.0 Å². The van der Waals surface area contributed by atoms with Crippen molar-refractivity contribution in [1.82, 2.24) is 0 Å². The van der Waals surface area contributed by atoms with Crippen molar-refractivity contribution in [2.24, 2.45) is 0 Å². The van der Waals surface area contributed by atoms with E-state index >= 15 is 0 Å². The number of allylic oxidation sites excluding steroid dienone is 1. The molecule has 0 saturated carbocycles. The summed E-state index contributed by atoms with van der Waals surface area (Å²) in [5.41, 5.74) is 1.75. The Morgan fingerprint density at radius 3 is 2.50 bits per heavy atom. The lowest BCUT2D eigenvalue weighted by atomic mass is 10.0. The summed E-state index contributed by atoms with van der Waals surface area (Å²) < 4.78 is 38.0. The van der Waals surface area contributed by atoms with E-state index in [0.29, 0.717) is 32.8 Å². The standard InChI is InChI=1S/C24H17BrF2N2O3/c1-31-22-11-16(9-17(13-28)15-3-2-4-19(27)10-15)21(25)12-23(22)32-14-24(30)29-20-7-5-18(26)6-8-20/h2-12H,14H2,1H3,(H,29,30)/b17-9-. The maximum absolute atomic E-state index is 13.5. The van der Waals surface area contributed by atoms with Gasteiger partial charge in [-0.15, -0.1) is 0 Å². The first-order chi connectivity index (χ1) is 15.4. The predicted molar refractivity (Wildman–Crippen MR) is 121 cm³/mol. The zero-order valence-electron chi connectivity index (χ0n) is 16.9. The largest absolute Gasteiger partial charge is 0.493 e. The molecule has 3 aromatic carbocycles. The zero-order valence-corrected chi connectivity index (χ0v) is 18.4. The first kappa shape index (κ1) is 23.0. The number of methoxy groups -OCH3 is 1. The van der Waals surface area contributed by atoms with E-state index in [1.54, 1.807) is 24.3 Å². The molecule has 0 spiro atoms. The van der Waals surface area contributed by atoms with Gasteiger partial charge in [0.1, 0.15) is 11.6 Å². The van der Waals surface area contributed by atoms with E-state index in [9.17, 15) is 18.8 Å². The Kier molecular flexibility index (Phi) is 7.58. The molecular weight excluding hydrogens is 482 g/mol. The number of nitriles is 1. The van der Waals surface area contributed by atoms with Crippen LogP contribution in [0.4, 0.5) is 14.5 Å². The molecule has 0 aliphatic rings. The average molecular weight is 499 g/mol. The summed E-state index contributed by atoms with van der Waals surface area (Å²) in [6, 6.07) is 16.4. The Morgan fingerprint density at radius 1 is 1.09 bits per heavy atom. The minimum Gasteiger partial charge on any atom is -0.493 e. The molecule has 32 heavy (non-hydrogen) atoms. The van der Waals surface area contributed by atoms with Crippen LogP contribution in [0, 0.1) is 23.0 Å². The monoisotopic (exact) mass is 498 g/mol. The summed E-state index contributed by atoms with van der Waals surface area (Å²) in [7, 11) is 1.44. The molecule has 8 heteroatoms. The molecule has 0 aliphatic carbocycles. The number of carbonyl (C=O) groups is 1. The van der Waals surface area contributed by atoms with E-state index < -0.39 is 17.5 Å². The summed E-state index contributed by atoms with van der Waals surface area (Å²) in [4.78, 5) is 12.1. The van der Waals surface area contributed by atoms with Crippen molar-refractivity contribution in [1.29, 1.82) is 5.26 Å². The fourth-order valence-electron chi connectivity index (χ4n) is 2.80. The first-order valence-corrected chi connectivity index (χ1v) is 10.1. The smallest absolute Gasteiger partial charge is 0.262 e. The molecule has 3 aromatic rings. The Labute approximate surface area is 192 Å². The van der Waals surface area contributed by atoms with E-state index in [4.69, 9.17) is 9.47 Å². The third kappa shape index (κ3) is 5.93. The molecule has 0 fully saturated rings. The third-order valence-electron chi connectivity index (χ3n) is 4.33. The SMILES string of the molecule is COc1cc(/C=C(/C#N)c2cccc(F)c2)c(Br)cc1OCC(=O)Nc1ccc(F)cc1. The normalized spacial score (nSPS) is 10.9. The number of hydrogen-bond donors (Lipinski definition) is 1. The van der Waals surface area contributed by atoms with Crippen molar-refractivity contribution in [3.05, 3.63) is 87.9 Å². The van der Waals surface area contributed by atoms with Crippen molar-refractivity contribution in [3.8, 4) is 17.6 Å². The average Bonchev–Trinajstić information content (AvgIpc) is 2.78. The van der Waals surface area contributed by atoms with Crippen LogP contribution in [-0.4, -0.2) is 19.6 Å². The lowest BCUT2D eigenvalue weighted by Gasteiger charge is -2.13. The summed E-state index contributed by atoms with van der Waals surface area (Å²) in [5, 5.41) is 12.1. The number of halogens is 3. The minimum atomic E-state index is -0.442. The van der Waals surface area contributed by atoms with Gasteiger partial charge in [-0.2, -0.15) is 5.26 Å². The fourth-order valence-corrected chi connectivity index (χ4v) is 3.24. The second kappa shape index (κ2) is 10.6. The van der Waals surface area contributed by atoms with Gasteiger partial charge in [-0.05, 0) is 65.7 Å². The van der Waals surface area contributed by atoms with E-state index in [2.05, 4.69) is 27.3 Å². The Balaban J connectivity index is 1.78. The van der Waals surface area contributed by atoms with Crippen LogP contribution >= 0.6 is 15.9 Å². The molecule has 0 atom stereocenters. The van der Waals surface area contributed by atoms with Crippen LogP contribution in [0.2, 0.25) is 0 Å². The van der Waals surface area contributed by atoms with Crippen LogP contribution in [0.1, 0.15) is 11.1 Å². The fraction of sp³-hybridized carbons (Fsp3) is 0.0833. The zero-order chi connectivity index (χ0) is 23.1.